The van der Waals surface area contributed by atoms with Gasteiger partial charge in [0.05, 0.1) is 16.9 Å². The summed E-state index contributed by atoms with van der Waals surface area (Å²) in [4.78, 5) is 0. The monoisotopic (exact) mass is 172 g/mol. The van der Waals surface area contributed by atoms with Gasteiger partial charge in [0.1, 0.15) is 0 Å². The Kier molecular flexibility index (Phi) is 2.94. The summed E-state index contributed by atoms with van der Waals surface area (Å²) in [6.07, 6.45) is 5.11. The Morgan fingerprint density at radius 1 is 1.64 bits per heavy atom. The largest absolute Gasteiger partial charge is 0.271 e. The Balaban J connectivity index is 2.67. The number of nitrogens with zero attached hydrogens (tertiary/aromatic N) is 2. The molecule has 62 valence electrons. The normalized spacial score (nSPS) is 10.5. The summed E-state index contributed by atoms with van der Waals surface area (Å²) in [7, 11) is 1.93. The van der Waals surface area contributed by atoms with Crippen LogP contribution < -0.4 is 0 Å². The minimum atomic E-state index is 0.793. The molecule has 0 aromatic carbocycles. The molecule has 0 spiro atoms. The molecule has 0 aliphatic heterocycles. The Hall–Kier alpha value is -0.500. The van der Waals surface area contributed by atoms with Crippen LogP contribution in [0, 0.1) is 0 Å². The van der Waals surface area contributed by atoms with Gasteiger partial charge in [0.15, 0.2) is 0 Å². The SMILES string of the molecule is CCCCc1c(Cl)cnn1C. The highest BCUT2D eigenvalue weighted by atomic mass is 35.5. The molecule has 0 fully saturated rings. The Morgan fingerprint density at radius 3 is 2.82 bits per heavy atom. The first-order valence-electron chi connectivity index (χ1n) is 3.92. The number of hydrogen-bond donors (Lipinski definition) is 0. The van der Waals surface area contributed by atoms with Gasteiger partial charge in [-0.3, -0.25) is 4.68 Å². The van der Waals surface area contributed by atoms with E-state index in [4.69, 9.17) is 11.6 Å². The van der Waals surface area contributed by atoms with Crippen LogP contribution in [-0.2, 0) is 13.5 Å². The zero-order chi connectivity index (χ0) is 8.27. The predicted octanol–water partition coefficient (Wildman–Crippen LogP) is 2.42. The summed E-state index contributed by atoms with van der Waals surface area (Å²) >= 11 is 5.90. The van der Waals surface area contributed by atoms with Crippen molar-refractivity contribution >= 4 is 11.6 Å². The van der Waals surface area contributed by atoms with Crippen LogP contribution >= 0.6 is 11.6 Å². The third-order valence-corrected chi connectivity index (χ3v) is 2.09. The van der Waals surface area contributed by atoms with Gasteiger partial charge < -0.3 is 0 Å². The molecule has 0 aliphatic rings. The molecule has 1 aromatic rings. The van der Waals surface area contributed by atoms with Crippen LogP contribution in [0.15, 0.2) is 6.20 Å². The van der Waals surface area contributed by atoms with Gasteiger partial charge in [-0.2, -0.15) is 5.10 Å². The lowest BCUT2D eigenvalue weighted by Crippen LogP contribution is -1.97. The van der Waals surface area contributed by atoms with E-state index >= 15 is 0 Å². The molecular weight excluding hydrogens is 160 g/mol. The van der Waals surface area contributed by atoms with Gasteiger partial charge in [-0.25, -0.2) is 0 Å². The molecular formula is C8H13ClN2. The smallest absolute Gasteiger partial charge is 0.0817 e. The van der Waals surface area contributed by atoms with Gasteiger partial charge in [-0.1, -0.05) is 24.9 Å². The van der Waals surface area contributed by atoms with Gasteiger partial charge >= 0.3 is 0 Å². The molecule has 2 nitrogen and oxygen atoms in total. The molecule has 0 saturated carbocycles. The summed E-state index contributed by atoms with van der Waals surface area (Å²) in [5, 5.41) is 4.85. The van der Waals surface area contributed by atoms with E-state index in [0.717, 1.165) is 17.1 Å². The summed E-state index contributed by atoms with van der Waals surface area (Å²) in [6.45, 7) is 2.17. The summed E-state index contributed by atoms with van der Waals surface area (Å²) in [5.41, 5.74) is 1.15. The fraction of sp³-hybridized carbons (Fsp3) is 0.625. The van der Waals surface area contributed by atoms with E-state index in [1.807, 2.05) is 11.7 Å². The number of unbranched alkanes of at least 4 members (excludes halogenated alkanes) is 1. The van der Waals surface area contributed by atoms with Crippen molar-refractivity contribution in [2.24, 2.45) is 7.05 Å². The van der Waals surface area contributed by atoms with Crippen molar-refractivity contribution in [1.82, 2.24) is 9.78 Å². The van der Waals surface area contributed by atoms with Crippen LogP contribution in [-0.4, -0.2) is 9.78 Å². The molecule has 1 rings (SSSR count). The Morgan fingerprint density at radius 2 is 2.36 bits per heavy atom. The second kappa shape index (κ2) is 3.77. The summed E-state index contributed by atoms with van der Waals surface area (Å²) in [5.74, 6) is 0. The minimum absolute atomic E-state index is 0.793. The maximum Gasteiger partial charge on any atom is 0.0817 e. The van der Waals surface area contributed by atoms with E-state index in [1.54, 1.807) is 6.20 Å². The van der Waals surface area contributed by atoms with Crippen molar-refractivity contribution in [2.45, 2.75) is 26.2 Å². The van der Waals surface area contributed by atoms with E-state index < -0.39 is 0 Å². The quantitative estimate of drug-likeness (QED) is 0.685. The molecule has 3 heteroatoms. The van der Waals surface area contributed by atoms with E-state index in [-0.39, 0.29) is 0 Å². The first-order chi connectivity index (χ1) is 5.25. The van der Waals surface area contributed by atoms with E-state index in [9.17, 15) is 0 Å². The van der Waals surface area contributed by atoms with E-state index in [0.29, 0.717) is 0 Å². The molecule has 0 atom stereocenters. The minimum Gasteiger partial charge on any atom is -0.271 e. The van der Waals surface area contributed by atoms with Gasteiger partial charge in [0.25, 0.3) is 0 Å². The molecule has 0 amide bonds. The predicted molar refractivity (Wildman–Crippen MR) is 46.8 cm³/mol. The van der Waals surface area contributed by atoms with Crippen molar-refractivity contribution in [2.75, 3.05) is 0 Å². The number of hydrogen-bond acceptors (Lipinski definition) is 1. The molecule has 0 radical (unpaired) electrons. The topological polar surface area (TPSA) is 17.8 Å². The highest BCUT2D eigenvalue weighted by Crippen LogP contribution is 2.15. The van der Waals surface area contributed by atoms with Crippen molar-refractivity contribution < 1.29 is 0 Å². The lowest BCUT2D eigenvalue weighted by molar-refractivity contribution is 0.676. The molecule has 0 saturated heterocycles. The van der Waals surface area contributed by atoms with Crippen molar-refractivity contribution in [3.8, 4) is 0 Å². The average molecular weight is 173 g/mol. The van der Waals surface area contributed by atoms with Crippen molar-refractivity contribution in [3.63, 3.8) is 0 Å². The second-order valence-corrected chi connectivity index (χ2v) is 3.07. The number of aromatic nitrogens is 2. The van der Waals surface area contributed by atoms with Crippen molar-refractivity contribution in [3.05, 3.63) is 16.9 Å². The molecule has 0 aliphatic carbocycles. The standard InChI is InChI=1S/C8H13ClN2/c1-3-4-5-8-7(9)6-10-11(8)2/h6H,3-5H2,1-2H3. The first kappa shape index (κ1) is 8.60. The van der Waals surface area contributed by atoms with Gasteiger partial charge in [0.2, 0.25) is 0 Å². The highest BCUT2D eigenvalue weighted by Gasteiger charge is 2.03. The zero-order valence-corrected chi connectivity index (χ0v) is 7.73. The number of rotatable bonds is 3. The van der Waals surface area contributed by atoms with E-state index in [1.165, 1.54) is 12.8 Å². The molecule has 0 unspecified atom stereocenters. The third kappa shape index (κ3) is 1.96. The zero-order valence-electron chi connectivity index (χ0n) is 6.97. The fourth-order valence-corrected chi connectivity index (χ4v) is 1.32. The van der Waals surface area contributed by atoms with Crippen LogP contribution in [0.3, 0.4) is 0 Å². The summed E-state index contributed by atoms with van der Waals surface area (Å²) < 4.78 is 1.85. The molecule has 0 N–H and O–H groups in total. The second-order valence-electron chi connectivity index (χ2n) is 2.67. The van der Waals surface area contributed by atoms with Crippen LogP contribution in [0.5, 0.6) is 0 Å². The number of aryl methyl sites for hydroxylation is 1. The first-order valence-corrected chi connectivity index (χ1v) is 4.30. The Bertz CT molecular complexity index is 210. The van der Waals surface area contributed by atoms with Crippen LogP contribution in [0.4, 0.5) is 0 Å². The van der Waals surface area contributed by atoms with Crippen LogP contribution in [0.2, 0.25) is 5.02 Å². The summed E-state index contributed by atoms with van der Waals surface area (Å²) in [6, 6.07) is 0. The third-order valence-electron chi connectivity index (χ3n) is 1.78. The molecule has 11 heavy (non-hydrogen) atoms. The highest BCUT2D eigenvalue weighted by molar-refractivity contribution is 6.31. The average Bonchev–Trinajstić information content (AvgIpc) is 2.29. The fourth-order valence-electron chi connectivity index (χ4n) is 1.06. The van der Waals surface area contributed by atoms with E-state index in [2.05, 4.69) is 12.0 Å². The Labute approximate surface area is 72.2 Å². The maximum absolute atomic E-state index is 5.90. The van der Waals surface area contributed by atoms with Crippen LogP contribution in [0.1, 0.15) is 25.5 Å². The molecule has 0 bridgehead atoms. The van der Waals surface area contributed by atoms with Gasteiger partial charge in [0, 0.05) is 7.05 Å². The lowest BCUT2D eigenvalue weighted by atomic mass is 10.2. The van der Waals surface area contributed by atoms with Gasteiger partial charge in [-0.05, 0) is 12.8 Å². The molecule has 1 heterocycles. The molecule has 1 aromatic heterocycles. The maximum atomic E-state index is 5.90. The van der Waals surface area contributed by atoms with Crippen molar-refractivity contribution in [1.29, 1.82) is 0 Å². The van der Waals surface area contributed by atoms with Crippen LogP contribution in [0.25, 0.3) is 0 Å². The lowest BCUT2D eigenvalue weighted by Gasteiger charge is -1.99. The van der Waals surface area contributed by atoms with Gasteiger partial charge in [-0.15, -0.1) is 0 Å². The number of halogens is 1.